The molecule has 0 spiro atoms. The Hall–Kier alpha value is -0.510. The normalized spacial score (nSPS) is 11.2. The largest absolute Gasteiger partial charge is 0.383 e. The molecule has 0 fully saturated rings. The first-order chi connectivity index (χ1) is 6.11. The molecule has 0 aliphatic carbocycles. The van der Waals surface area contributed by atoms with Gasteiger partial charge in [0.2, 0.25) is 0 Å². The van der Waals surface area contributed by atoms with E-state index in [-0.39, 0.29) is 0 Å². The van der Waals surface area contributed by atoms with Gasteiger partial charge in [-0.2, -0.15) is 5.10 Å². The molecule has 0 bridgehead atoms. The van der Waals surface area contributed by atoms with Gasteiger partial charge >= 0.3 is 0 Å². The van der Waals surface area contributed by atoms with E-state index >= 15 is 0 Å². The summed E-state index contributed by atoms with van der Waals surface area (Å²) in [6.07, 6.45) is 2.13. The Morgan fingerprint density at radius 3 is 2.31 bits per heavy atom. The third-order valence-electron chi connectivity index (χ3n) is 2.34. The Labute approximate surface area is 87.4 Å². The van der Waals surface area contributed by atoms with E-state index in [1.807, 2.05) is 11.6 Å². The predicted molar refractivity (Wildman–Crippen MR) is 58.7 cm³/mol. The Bertz CT molecular complexity index is 289. The van der Waals surface area contributed by atoms with E-state index in [1.165, 1.54) is 0 Å². The van der Waals surface area contributed by atoms with Crippen molar-refractivity contribution in [1.82, 2.24) is 9.78 Å². The monoisotopic (exact) mass is 245 g/mol. The minimum absolute atomic E-state index is 0.421. The molecule has 4 heteroatoms. The highest BCUT2D eigenvalue weighted by atomic mass is 79.9. The summed E-state index contributed by atoms with van der Waals surface area (Å²) in [7, 11) is 0. The van der Waals surface area contributed by atoms with Crippen LogP contribution in [0.3, 0.4) is 0 Å². The SMILES string of the molecule is CCC(CC)n1nc(C)c(Br)c1N. The summed E-state index contributed by atoms with van der Waals surface area (Å²) in [6, 6.07) is 0.421. The van der Waals surface area contributed by atoms with E-state index < -0.39 is 0 Å². The van der Waals surface area contributed by atoms with Crippen LogP contribution in [0, 0.1) is 6.92 Å². The van der Waals surface area contributed by atoms with Crippen LogP contribution in [0.4, 0.5) is 5.82 Å². The summed E-state index contributed by atoms with van der Waals surface area (Å²) >= 11 is 3.42. The summed E-state index contributed by atoms with van der Waals surface area (Å²) < 4.78 is 2.85. The van der Waals surface area contributed by atoms with Gasteiger partial charge in [0.25, 0.3) is 0 Å². The fourth-order valence-corrected chi connectivity index (χ4v) is 1.72. The highest BCUT2D eigenvalue weighted by Gasteiger charge is 2.15. The number of aromatic nitrogens is 2. The highest BCUT2D eigenvalue weighted by Crippen LogP contribution is 2.27. The molecular formula is C9H16BrN3. The second-order valence-electron chi connectivity index (χ2n) is 3.20. The van der Waals surface area contributed by atoms with Crippen molar-refractivity contribution in [3.63, 3.8) is 0 Å². The molecule has 0 atom stereocenters. The van der Waals surface area contributed by atoms with Gasteiger partial charge in [0.1, 0.15) is 5.82 Å². The highest BCUT2D eigenvalue weighted by molar-refractivity contribution is 9.10. The number of hydrogen-bond donors (Lipinski definition) is 1. The average Bonchev–Trinajstić information content (AvgIpc) is 2.36. The van der Waals surface area contributed by atoms with Crippen LogP contribution in [0.1, 0.15) is 38.4 Å². The molecular weight excluding hydrogens is 230 g/mol. The second kappa shape index (κ2) is 4.13. The Morgan fingerprint density at radius 2 is 2.00 bits per heavy atom. The molecule has 0 radical (unpaired) electrons. The van der Waals surface area contributed by atoms with Gasteiger partial charge < -0.3 is 5.73 Å². The fourth-order valence-electron chi connectivity index (χ4n) is 1.46. The lowest BCUT2D eigenvalue weighted by atomic mass is 10.2. The lowest BCUT2D eigenvalue weighted by Gasteiger charge is -2.14. The average molecular weight is 246 g/mol. The van der Waals surface area contributed by atoms with E-state index in [2.05, 4.69) is 34.9 Å². The lowest BCUT2D eigenvalue weighted by molar-refractivity contribution is 0.432. The first kappa shape index (κ1) is 10.6. The lowest BCUT2D eigenvalue weighted by Crippen LogP contribution is -2.11. The molecule has 0 amide bonds. The van der Waals surface area contributed by atoms with E-state index in [4.69, 9.17) is 5.73 Å². The predicted octanol–water partition coefficient (Wildman–Crippen LogP) is 2.90. The molecule has 1 heterocycles. The number of nitrogens with zero attached hydrogens (tertiary/aromatic N) is 2. The Kier molecular flexibility index (Phi) is 3.36. The number of anilines is 1. The van der Waals surface area contributed by atoms with Crippen molar-refractivity contribution in [2.75, 3.05) is 5.73 Å². The molecule has 1 aromatic heterocycles. The molecule has 0 aliphatic rings. The molecule has 0 saturated heterocycles. The van der Waals surface area contributed by atoms with Gasteiger partial charge in [-0.3, -0.25) is 0 Å². The van der Waals surface area contributed by atoms with Crippen molar-refractivity contribution in [3.05, 3.63) is 10.2 Å². The van der Waals surface area contributed by atoms with Crippen LogP contribution < -0.4 is 5.73 Å². The van der Waals surface area contributed by atoms with Crippen LogP contribution in [-0.2, 0) is 0 Å². The summed E-state index contributed by atoms with van der Waals surface area (Å²) in [5, 5.41) is 4.40. The van der Waals surface area contributed by atoms with Gasteiger partial charge in [0, 0.05) is 0 Å². The third kappa shape index (κ3) is 1.88. The Morgan fingerprint density at radius 1 is 1.46 bits per heavy atom. The molecule has 74 valence electrons. The zero-order chi connectivity index (χ0) is 10.0. The zero-order valence-corrected chi connectivity index (χ0v) is 9.93. The third-order valence-corrected chi connectivity index (χ3v) is 3.32. The molecule has 0 aliphatic heterocycles. The molecule has 2 N–H and O–H groups in total. The fraction of sp³-hybridized carbons (Fsp3) is 0.667. The number of aryl methyl sites for hydroxylation is 1. The molecule has 0 aromatic carbocycles. The number of rotatable bonds is 3. The topological polar surface area (TPSA) is 43.8 Å². The maximum Gasteiger partial charge on any atom is 0.136 e. The molecule has 13 heavy (non-hydrogen) atoms. The first-order valence-electron chi connectivity index (χ1n) is 4.61. The van der Waals surface area contributed by atoms with Crippen molar-refractivity contribution >= 4 is 21.7 Å². The van der Waals surface area contributed by atoms with Gasteiger partial charge in [-0.1, -0.05) is 13.8 Å². The smallest absolute Gasteiger partial charge is 0.136 e. The summed E-state index contributed by atoms with van der Waals surface area (Å²) in [4.78, 5) is 0. The summed E-state index contributed by atoms with van der Waals surface area (Å²) in [5.74, 6) is 0.742. The number of halogens is 1. The van der Waals surface area contributed by atoms with E-state index in [0.717, 1.165) is 28.8 Å². The Balaban J connectivity index is 3.06. The summed E-state index contributed by atoms with van der Waals surface area (Å²) in [6.45, 7) is 6.26. The number of nitrogens with two attached hydrogens (primary N) is 1. The minimum Gasteiger partial charge on any atom is -0.383 e. The molecule has 0 unspecified atom stereocenters. The summed E-state index contributed by atoms with van der Waals surface area (Å²) in [5.41, 5.74) is 6.87. The quantitative estimate of drug-likeness (QED) is 0.891. The van der Waals surface area contributed by atoms with Gasteiger partial charge in [-0.15, -0.1) is 0 Å². The maximum absolute atomic E-state index is 5.91. The molecule has 0 saturated carbocycles. The van der Waals surface area contributed by atoms with Gasteiger partial charge in [-0.05, 0) is 35.7 Å². The molecule has 1 aromatic rings. The van der Waals surface area contributed by atoms with Crippen LogP contribution in [0.15, 0.2) is 4.47 Å². The van der Waals surface area contributed by atoms with Gasteiger partial charge in [0.05, 0.1) is 16.2 Å². The number of nitrogen functional groups attached to an aromatic ring is 1. The van der Waals surface area contributed by atoms with Crippen molar-refractivity contribution < 1.29 is 0 Å². The van der Waals surface area contributed by atoms with Gasteiger partial charge in [0.15, 0.2) is 0 Å². The van der Waals surface area contributed by atoms with Crippen LogP contribution in [0.5, 0.6) is 0 Å². The van der Waals surface area contributed by atoms with Crippen molar-refractivity contribution in [2.45, 2.75) is 39.7 Å². The first-order valence-corrected chi connectivity index (χ1v) is 5.41. The second-order valence-corrected chi connectivity index (χ2v) is 3.99. The molecule has 1 rings (SSSR count). The standard InChI is InChI=1S/C9H16BrN3/c1-4-7(5-2)13-9(11)8(10)6(3)12-13/h7H,4-5,11H2,1-3H3. The minimum atomic E-state index is 0.421. The van der Waals surface area contributed by atoms with Crippen LogP contribution in [-0.4, -0.2) is 9.78 Å². The molecule has 3 nitrogen and oxygen atoms in total. The van der Waals surface area contributed by atoms with Gasteiger partial charge in [-0.25, -0.2) is 4.68 Å². The van der Waals surface area contributed by atoms with Crippen molar-refractivity contribution in [2.24, 2.45) is 0 Å². The van der Waals surface area contributed by atoms with Crippen LogP contribution in [0.25, 0.3) is 0 Å². The van der Waals surface area contributed by atoms with Crippen LogP contribution >= 0.6 is 15.9 Å². The number of hydrogen-bond acceptors (Lipinski definition) is 2. The van der Waals surface area contributed by atoms with E-state index in [9.17, 15) is 0 Å². The van der Waals surface area contributed by atoms with Crippen molar-refractivity contribution in [3.8, 4) is 0 Å². The maximum atomic E-state index is 5.91. The van der Waals surface area contributed by atoms with E-state index in [1.54, 1.807) is 0 Å². The van der Waals surface area contributed by atoms with E-state index in [0.29, 0.717) is 6.04 Å². The van der Waals surface area contributed by atoms with Crippen LogP contribution in [0.2, 0.25) is 0 Å². The van der Waals surface area contributed by atoms with Crippen molar-refractivity contribution in [1.29, 1.82) is 0 Å². The zero-order valence-electron chi connectivity index (χ0n) is 8.34.